The van der Waals surface area contributed by atoms with Crippen LogP contribution in [0.3, 0.4) is 0 Å². The predicted octanol–water partition coefficient (Wildman–Crippen LogP) is 3.98. The Morgan fingerprint density at radius 1 is 0.900 bits per heavy atom. The largest absolute Gasteiger partial charge is 0.496 e. The molecule has 2 aromatic carbocycles. The van der Waals surface area contributed by atoms with E-state index in [9.17, 15) is 0 Å². The predicted molar refractivity (Wildman–Crippen MR) is 84.4 cm³/mol. The zero-order valence-electron chi connectivity index (χ0n) is 12.9. The molecule has 0 bridgehead atoms. The first kappa shape index (κ1) is 14.6. The molecular weight excluding hydrogens is 246 g/mol. The van der Waals surface area contributed by atoms with Gasteiger partial charge in [0.2, 0.25) is 0 Å². The summed E-state index contributed by atoms with van der Waals surface area (Å²) in [7, 11) is 1.70. The Balaban J connectivity index is 2.52. The fraction of sp³-hybridized carbons (Fsp3) is 0.333. The van der Waals surface area contributed by atoms with Gasteiger partial charge in [-0.3, -0.25) is 0 Å². The first-order valence-electron chi connectivity index (χ1n) is 6.92. The van der Waals surface area contributed by atoms with E-state index in [1.807, 2.05) is 6.07 Å². The lowest BCUT2D eigenvalue weighted by atomic mass is 9.92. The molecule has 2 N–H and O–H groups in total. The van der Waals surface area contributed by atoms with Crippen molar-refractivity contribution in [3.8, 4) is 5.75 Å². The molecule has 0 spiro atoms. The van der Waals surface area contributed by atoms with Crippen molar-refractivity contribution in [3.63, 3.8) is 0 Å². The zero-order chi connectivity index (χ0) is 14.9. The molecule has 0 saturated carbocycles. The van der Waals surface area contributed by atoms with Gasteiger partial charge in [-0.2, -0.15) is 0 Å². The molecule has 0 saturated heterocycles. The molecule has 1 atom stereocenters. The van der Waals surface area contributed by atoms with Gasteiger partial charge in [0.15, 0.2) is 0 Å². The molecule has 0 amide bonds. The number of hydrogen-bond acceptors (Lipinski definition) is 2. The third kappa shape index (κ3) is 2.70. The van der Waals surface area contributed by atoms with E-state index >= 15 is 0 Å². The lowest BCUT2D eigenvalue weighted by molar-refractivity contribution is 0.407. The Labute approximate surface area is 121 Å². The first-order valence-corrected chi connectivity index (χ1v) is 6.92. The van der Waals surface area contributed by atoms with E-state index in [0.717, 1.165) is 16.9 Å². The Bertz CT molecular complexity index is 632. The van der Waals surface area contributed by atoms with Crippen LogP contribution in [0.4, 0.5) is 0 Å². The molecule has 2 heteroatoms. The number of aryl methyl sites for hydroxylation is 4. The number of ether oxygens (including phenoxy) is 1. The van der Waals surface area contributed by atoms with Crippen LogP contribution >= 0.6 is 0 Å². The quantitative estimate of drug-likeness (QED) is 0.914. The maximum Gasteiger partial charge on any atom is 0.124 e. The van der Waals surface area contributed by atoms with Crippen molar-refractivity contribution < 1.29 is 4.74 Å². The summed E-state index contributed by atoms with van der Waals surface area (Å²) in [5, 5.41) is 0. The van der Waals surface area contributed by atoms with Gasteiger partial charge in [0.1, 0.15) is 5.75 Å². The molecule has 0 radical (unpaired) electrons. The van der Waals surface area contributed by atoms with Crippen LogP contribution in [0.15, 0.2) is 30.3 Å². The summed E-state index contributed by atoms with van der Waals surface area (Å²) < 4.78 is 5.52. The molecule has 0 aromatic heterocycles. The van der Waals surface area contributed by atoms with Crippen molar-refractivity contribution in [2.45, 2.75) is 33.7 Å². The van der Waals surface area contributed by atoms with E-state index in [2.05, 4.69) is 52.0 Å². The first-order chi connectivity index (χ1) is 9.43. The van der Waals surface area contributed by atoms with Crippen LogP contribution in [0.2, 0.25) is 0 Å². The third-order valence-electron chi connectivity index (χ3n) is 3.91. The van der Waals surface area contributed by atoms with Crippen molar-refractivity contribution in [1.82, 2.24) is 0 Å². The lowest BCUT2D eigenvalue weighted by Gasteiger charge is -2.20. The molecule has 0 heterocycles. The van der Waals surface area contributed by atoms with E-state index in [0.29, 0.717) is 0 Å². The van der Waals surface area contributed by atoms with Gasteiger partial charge in [-0.05, 0) is 61.6 Å². The minimum atomic E-state index is -0.162. The fourth-order valence-corrected chi connectivity index (χ4v) is 2.63. The molecular formula is C18H23NO. The van der Waals surface area contributed by atoms with Gasteiger partial charge in [0, 0.05) is 5.56 Å². The standard InChI is InChI=1S/C18H23NO/c1-11-8-14(4)17(16(9-11)20-5)18(19)15-7-6-12(2)13(3)10-15/h6-10,18H,19H2,1-5H3. The van der Waals surface area contributed by atoms with Gasteiger partial charge < -0.3 is 10.5 Å². The van der Waals surface area contributed by atoms with Crippen molar-refractivity contribution in [3.05, 3.63) is 63.7 Å². The zero-order valence-corrected chi connectivity index (χ0v) is 12.9. The maximum atomic E-state index is 6.48. The number of nitrogens with two attached hydrogens (primary N) is 1. The van der Waals surface area contributed by atoms with Crippen molar-refractivity contribution in [2.75, 3.05) is 7.11 Å². The van der Waals surface area contributed by atoms with E-state index < -0.39 is 0 Å². The third-order valence-corrected chi connectivity index (χ3v) is 3.91. The van der Waals surface area contributed by atoms with E-state index in [-0.39, 0.29) is 6.04 Å². The second-order valence-electron chi connectivity index (χ2n) is 5.52. The molecule has 1 unspecified atom stereocenters. The number of benzene rings is 2. The molecule has 0 aliphatic rings. The minimum Gasteiger partial charge on any atom is -0.496 e. The summed E-state index contributed by atoms with van der Waals surface area (Å²) in [6.07, 6.45) is 0. The minimum absolute atomic E-state index is 0.162. The molecule has 106 valence electrons. The van der Waals surface area contributed by atoms with Crippen molar-refractivity contribution in [1.29, 1.82) is 0 Å². The normalized spacial score (nSPS) is 12.3. The van der Waals surface area contributed by atoms with Crippen LogP contribution in [-0.2, 0) is 0 Å². The van der Waals surface area contributed by atoms with Crippen LogP contribution < -0.4 is 10.5 Å². The number of hydrogen-bond donors (Lipinski definition) is 1. The number of rotatable bonds is 3. The highest BCUT2D eigenvalue weighted by Gasteiger charge is 2.17. The van der Waals surface area contributed by atoms with Crippen molar-refractivity contribution in [2.24, 2.45) is 5.73 Å². The highest BCUT2D eigenvalue weighted by atomic mass is 16.5. The van der Waals surface area contributed by atoms with E-state index in [1.54, 1.807) is 7.11 Å². The average molecular weight is 269 g/mol. The topological polar surface area (TPSA) is 35.2 Å². The Hall–Kier alpha value is -1.80. The van der Waals surface area contributed by atoms with E-state index in [4.69, 9.17) is 10.5 Å². The monoisotopic (exact) mass is 269 g/mol. The van der Waals surface area contributed by atoms with Gasteiger partial charge in [0.25, 0.3) is 0 Å². The summed E-state index contributed by atoms with van der Waals surface area (Å²) in [5.74, 6) is 0.869. The molecule has 2 nitrogen and oxygen atoms in total. The molecule has 2 aromatic rings. The van der Waals surface area contributed by atoms with Crippen LogP contribution in [0.1, 0.15) is 39.4 Å². The lowest BCUT2D eigenvalue weighted by Crippen LogP contribution is -2.15. The smallest absolute Gasteiger partial charge is 0.124 e. The molecule has 2 rings (SSSR count). The highest BCUT2D eigenvalue weighted by molar-refractivity contribution is 5.49. The van der Waals surface area contributed by atoms with Gasteiger partial charge in [-0.15, -0.1) is 0 Å². The highest BCUT2D eigenvalue weighted by Crippen LogP contribution is 2.32. The Kier molecular flexibility index (Phi) is 4.15. The van der Waals surface area contributed by atoms with Crippen LogP contribution in [-0.4, -0.2) is 7.11 Å². The summed E-state index contributed by atoms with van der Waals surface area (Å²) >= 11 is 0. The SMILES string of the molecule is COc1cc(C)cc(C)c1C(N)c1ccc(C)c(C)c1. The summed E-state index contributed by atoms with van der Waals surface area (Å²) in [5.41, 5.74) is 13.6. The summed E-state index contributed by atoms with van der Waals surface area (Å²) in [6, 6.07) is 10.4. The van der Waals surface area contributed by atoms with Gasteiger partial charge >= 0.3 is 0 Å². The molecule has 20 heavy (non-hydrogen) atoms. The molecule has 0 aliphatic carbocycles. The maximum absolute atomic E-state index is 6.48. The second kappa shape index (κ2) is 5.68. The Morgan fingerprint density at radius 3 is 2.20 bits per heavy atom. The van der Waals surface area contributed by atoms with Crippen LogP contribution in [0, 0.1) is 27.7 Å². The second-order valence-corrected chi connectivity index (χ2v) is 5.52. The molecule has 0 aliphatic heterocycles. The fourth-order valence-electron chi connectivity index (χ4n) is 2.63. The van der Waals surface area contributed by atoms with E-state index in [1.165, 1.54) is 22.3 Å². The average Bonchev–Trinajstić information content (AvgIpc) is 2.40. The summed E-state index contributed by atoms with van der Waals surface area (Å²) in [6.45, 7) is 8.39. The molecule has 0 fully saturated rings. The van der Waals surface area contributed by atoms with Crippen LogP contribution in [0.25, 0.3) is 0 Å². The van der Waals surface area contributed by atoms with Crippen molar-refractivity contribution >= 4 is 0 Å². The summed E-state index contributed by atoms with van der Waals surface area (Å²) in [4.78, 5) is 0. The number of methoxy groups -OCH3 is 1. The van der Waals surface area contributed by atoms with Gasteiger partial charge in [-0.1, -0.05) is 24.3 Å². The van der Waals surface area contributed by atoms with Gasteiger partial charge in [0.05, 0.1) is 13.2 Å². The Morgan fingerprint density at radius 2 is 1.60 bits per heavy atom. The van der Waals surface area contributed by atoms with Crippen LogP contribution in [0.5, 0.6) is 5.75 Å². The van der Waals surface area contributed by atoms with Gasteiger partial charge in [-0.25, -0.2) is 0 Å².